The third-order valence-corrected chi connectivity index (χ3v) is 5.91. The van der Waals surface area contributed by atoms with Crippen molar-refractivity contribution in [3.8, 4) is 5.75 Å². The van der Waals surface area contributed by atoms with Gasteiger partial charge in [-0.25, -0.2) is 4.79 Å². The molecule has 1 amide bonds. The zero-order valence-corrected chi connectivity index (χ0v) is 17.7. The molecule has 2 aromatic rings. The van der Waals surface area contributed by atoms with Crippen molar-refractivity contribution < 1.29 is 14.3 Å². The van der Waals surface area contributed by atoms with Crippen LogP contribution < -0.4 is 4.74 Å². The van der Waals surface area contributed by atoms with Crippen LogP contribution in [0.15, 0.2) is 53.4 Å². The standard InChI is InChI=1S/C21H18ClNO3S2/c1-3-13(2)23-19(24)18(28-21(23)27)12-14-4-10-17(11-5-14)26-20(25)15-6-8-16(22)9-7-15/h4-13H,3H2,1-2H3. The highest BCUT2D eigenvalue weighted by atomic mass is 35.5. The molecule has 0 spiro atoms. The molecule has 1 unspecified atom stereocenters. The van der Waals surface area contributed by atoms with Crippen LogP contribution in [0, 0.1) is 0 Å². The van der Waals surface area contributed by atoms with Crippen LogP contribution >= 0.6 is 35.6 Å². The SMILES string of the molecule is CCC(C)N1C(=O)C(=Cc2ccc(OC(=O)c3ccc(Cl)cc3)cc2)SC1=S. The monoisotopic (exact) mass is 431 g/mol. The van der Waals surface area contributed by atoms with Crippen molar-refractivity contribution in [2.75, 3.05) is 0 Å². The minimum atomic E-state index is -0.459. The Labute approximate surface area is 178 Å². The molecular formula is C21H18ClNO3S2. The summed E-state index contributed by atoms with van der Waals surface area (Å²) >= 11 is 12.5. The number of hydrogen-bond acceptors (Lipinski definition) is 5. The molecule has 2 aromatic carbocycles. The summed E-state index contributed by atoms with van der Waals surface area (Å²) in [5.74, 6) is -0.106. The molecule has 1 atom stereocenters. The first-order valence-corrected chi connectivity index (χ1v) is 10.3. The van der Waals surface area contributed by atoms with Crippen molar-refractivity contribution in [1.82, 2.24) is 4.90 Å². The Kier molecular flexibility index (Phi) is 6.54. The van der Waals surface area contributed by atoms with Crippen LogP contribution in [0.3, 0.4) is 0 Å². The van der Waals surface area contributed by atoms with Crippen LogP contribution in [0.25, 0.3) is 6.08 Å². The molecule has 28 heavy (non-hydrogen) atoms. The van der Waals surface area contributed by atoms with E-state index in [1.807, 2.05) is 13.8 Å². The Morgan fingerprint density at radius 3 is 2.46 bits per heavy atom. The van der Waals surface area contributed by atoms with E-state index in [-0.39, 0.29) is 11.9 Å². The molecule has 0 N–H and O–H groups in total. The van der Waals surface area contributed by atoms with Crippen LogP contribution in [0.5, 0.6) is 5.75 Å². The highest BCUT2D eigenvalue weighted by molar-refractivity contribution is 8.26. The van der Waals surface area contributed by atoms with Crippen LogP contribution in [-0.2, 0) is 4.79 Å². The summed E-state index contributed by atoms with van der Waals surface area (Å²) in [7, 11) is 0. The summed E-state index contributed by atoms with van der Waals surface area (Å²) in [4.78, 5) is 27.0. The predicted molar refractivity (Wildman–Crippen MR) is 118 cm³/mol. The number of amides is 1. The topological polar surface area (TPSA) is 46.6 Å². The van der Waals surface area contributed by atoms with Gasteiger partial charge < -0.3 is 4.74 Å². The van der Waals surface area contributed by atoms with Crippen molar-refractivity contribution in [3.05, 3.63) is 69.6 Å². The fourth-order valence-electron chi connectivity index (χ4n) is 2.58. The number of carbonyl (C=O) groups excluding carboxylic acids is 2. The lowest BCUT2D eigenvalue weighted by Crippen LogP contribution is -2.36. The number of nitrogens with zero attached hydrogens (tertiary/aromatic N) is 1. The van der Waals surface area contributed by atoms with Gasteiger partial charge in [0.1, 0.15) is 10.1 Å². The normalized spacial score (nSPS) is 16.5. The highest BCUT2D eigenvalue weighted by Crippen LogP contribution is 2.34. The molecule has 1 fully saturated rings. The van der Waals surface area contributed by atoms with Gasteiger partial charge in [-0.05, 0) is 61.4 Å². The van der Waals surface area contributed by atoms with Crippen LogP contribution in [-0.4, -0.2) is 27.1 Å². The van der Waals surface area contributed by atoms with Crippen LogP contribution in [0.2, 0.25) is 5.02 Å². The maximum absolute atomic E-state index is 12.6. The smallest absolute Gasteiger partial charge is 0.343 e. The molecule has 4 nitrogen and oxygen atoms in total. The second-order valence-electron chi connectivity index (χ2n) is 6.27. The van der Waals surface area contributed by atoms with Crippen molar-refractivity contribution >= 4 is 57.9 Å². The number of carbonyl (C=O) groups is 2. The number of halogens is 1. The Morgan fingerprint density at radius 1 is 1.21 bits per heavy atom. The van der Waals surface area contributed by atoms with E-state index < -0.39 is 5.97 Å². The van der Waals surface area contributed by atoms with E-state index in [0.717, 1.165) is 12.0 Å². The molecule has 0 aliphatic carbocycles. The number of thioether (sulfide) groups is 1. The van der Waals surface area contributed by atoms with Crippen LogP contribution in [0.4, 0.5) is 0 Å². The van der Waals surface area contributed by atoms with E-state index in [1.54, 1.807) is 59.5 Å². The molecule has 3 rings (SSSR count). The van der Waals surface area contributed by atoms with Gasteiger partial charge in [-0.1, -0.05) is 54.6 Å². The summed E-state index contributed by atoms with van der Waals surface area (Å²) in [6, 6.07) is 13.5. The van der Waals surface area contributed by atoms with Gasteiger partial charge in [-0.2, -0.15) is 0 Å². The Morgan fingerprint density at radius 2 is 1.86 bits per heavy atom. The lowest BCUT2D eigenvalue weighted by Gasteiger charge is -2.21. The van der Waals surface area contributed by atoms with E-state index in [4.69, 9.17) is 28.6 Å². The number of thiocarbonyl (C=S) groups is 1. The van der Waals surface area contributed by atoms with E-state index in [0.29, 0.717) is 25.6 Å². The van der Waals surface area contributed by atoms with Gasteiger partial charge in [-0.15, -0.1) is 0 Å². The quantitative estimate of drug-likeness (QED) is 0.268. The zero-order valence-electron chi connectivity index (χ0n) is 15.3. The maximum Gasteiger partial charge on any atom is 0.343 e. The largest absolute Gasteiger partial charge is 0.423 e. The van der Waals surface area contributed by atoms with E-state index >= 15 is 0 Å². The molecule has 1 aliphatic rings. The fraction of sp³-hybridized carbons (Fsp3) is 0.190. The molecular weight excluding hydrogens is 414 g/mol. The number of esters is 1. The lowest BCUT2D eigenvalue weighted by molar-refractivity contribution is -0.123. The molecule has 1 heterocycles. The van der Waals surface area contributed by atoms with Gasteiger partial charge in [0.25, 0.3) is 5.91 Å². The molecule has 0 aromatic heterocycles. The van der Waals surface area contributed by atoms with E-state index in [9.17, 15) is 9.59 Å². The summed E-state index contributed by atoms with van der Waals surface area (Å²) in [6.07, 6.45) is 2.64. The summed E-state index contributed by atoms with van der Waals surface area (Å²) in [5, 5.41) is 0.555. The number of rotatable bonds is 5. The number of hydrogen-bond donors (Lipinski definition) is 0. The molecule has 0 bridgehead atoms. The first-order chi connectivity index (χ1) is 13.4. The number of ether oxygens (including phenoxy) is 1. The molecule has 7 heteroatoms. The van der Waals surface area contributed by atoms with Gasteiger partial charge in [0.15, 0.2) is 0 Å². The molecule has 1 aliphatic heterocycles. The Balaban J connectivity index is 1.70. The number of benzene rings is 2. The van der Waals surface area contributed by atoms with Gasteiger partial charge in [0.2, 0.25) is 0 Å². The Bertz CT molecular complexity index is 939. The summed E-state index contributed by atoms with van der Waals surface area (Å²) < 4.78 is 5.95. The minimum absolute atomic E-state index is 0.0670. The first kappa shape index (κ1) is 20.6. The predicted octanol–water partition coefficient (Wildman–Crippen LogP) is 5.56. The van der Waals surface area contributed by atoms with E-state index in [1.165, 1.54) is 11.8 Å². The highest BCUT2D eigenvalue weighted by Gasteiger charge is 2.34. The second-order valence-corrected chi connectivity index (χ2v) is 8.39. The van der Waals surface area contributed by atoms with Crippen molar-refractivity contribution in [3.63, 3.8) is 0 Å². The Hall–Kier alpha value is -2.15. The minimum Gasteiger partial charge on any atom is -0.423 e. The average molecular weight is 432 g/mol. The lowest BCUT2D eigenvalue weighted by atomic mass is 10.2. The maximum atomic E-state index is 12.6. The average Bonchev–Trinajstić information content (AvgIpc) is 2.96. The summed E-state index contributed by atoms with van der Waals surface area (Å²) in [6.45, 7) is 4.01. The first-order valence-electron chi connectivity index (χ1n) is 8.74. The third kappa shape index (κ3) is 4.63. The zero-order chi connectivity index (χ0) is 20.3. The fourth-order valence-corrected chi connectivity index (χ4v) is 4.17. The van der Waals surface area contributed by atoms with Gasteiger partial charge >= 0.3 is 5.97 Å². The van der Waals surface area contributed by atoms with Crippen molar-refractivity contribution in [2.24, 2.45) is 0 Å². The van der Waals surface area contributed by atoms with E-state index in [2.05, 4.69) is 0 Å². The van der Waals surface area contributed by atoms with Crippen LogP contribution in [0.1, 0.15) is 36.2 Å². The summed E-state index contributed by atoms with van der Waals surface area (Å²) in [5.41, 5.74) is 1.25. The molecule has 0 radical (unpaired) electrons. The van der Waals surface area contributed by atoms with Crippen molar-refractivity contribution in [1.29, 1.82) is 0 Å². The molecule has 144 valence electrons. The van der Waals surface area contributed by atoms with Crippen molar-refractivity contribution in [2.45, 2.75) is 26.3 Å². The molecule has 0 saturated carbocycles. The second kappa shape index (κ2) is 8.90. The van der Waals surface area contributed by atoms with Gasteiger partial charge in [-0.3, -0.25) is 9.69 Å². The van der Waals surface area contributed by atoms with Gasteiger partial charge in [0.05, 0.1) is 10.5 Å². The third-order valence-electron chi connectivity index (χ3n) is 4.32. The van der Waals surface area contributed by atoms with Gasteiger partial charge in [0, 0.05) is 11.1 Å². The molecule has 1 saturated heterocycles.